The van der Waals surface area contributed by atoms with Crippen LogP contribution >= 0.6 is 0 Å². The van der Waals surface area contributed by atoms with Crippen LogP contribution < -0.4 is 5.73 Å². The minimum atomic E-state index is -0.579. The number of nitrogens with two attached hydrogens (primary N) is 1. The number of rotatable bonds is 3. The SMILES string of the molecule is CCCc1nc(C(N)=O)nc2ccc(C)cc12. The fourth-order valence-electron chi connectivity index (χ4n) is 1.84. The first-order valence-electron chi connectivity index (χ1n) is 5.69. The van der Waals surface area contributed by atoms with Crippen molar-refractivity contribution in [3.8, 4) is 0 Å². The van der Waals surface area contributed by atoms with Crippen LogP contribution in [0.1, 0.15) is 35.2 Å². The molecule has 88 valence electrons. The van der Waals surface area contributed by atoms with Crippen molar-refractivity contribution in [2.45, 2.75) is 26.7 Å². The molecule has 0 atom stereocenters. The normalized spacial score (nSPS) is 10.7. The van der Waals surface area contributed by atoms with Gasteiger partial charge in [-0.05, 0) is 25.5 Å². The minimum Gasteiger partial charge on any atom is -0.363 e. The van der Waals surface area contributed by atoms with Gasteiger partial charge in [-0.2, -0.15) is 0 Å². The molecule has 0 saturated heterocycles. The van der Waals surface area contributed by atoms with Crippen molar-refractivity contribution in [3.05, 3.63) is 35.3 Å². The van der Waals surface area contributed by atoms with Crippen LogP contribution in [0, 0.1) is 6.92 Å². The molecule has 1 amide bonds. The van der Waals surface area contributed by atoms with Gasteiger partial charge in [-0.1, -0.05) is 25.0 Å². The van der Waals surface area contributed by atoms with Gasteiger partial charge in [0.15, 0.2) is 0 Å². The number of primary amides is 1. The Morgan fingerprint density at radius 1 is 1.35 bits per heavy atom. The highest BCUT2D eigenvalue weighted by atomic mass is 16.1. The molecule has 17 heavy (non-hydrogen) atoms. The lowest BCUT2D eigenvalue weighted by Crippen LogP contribution is -2.16. The van der Waals surface area contributed by atoms with Gasteiger partial charge in [0.1, 0.15) is 0 Å². The summed E-state index contributed by atoms with van der Waals surface area (Å²) in [6, 6.07) is 5.92. The van der Waals surface area contributed by atoms with Crippen LogP contribution in [0.3, 0.4) is 0 Å². The largest absolute Gasteiger partial charge is 0.363 e. The van der Waals surface area contributed by atoms with Gasteiger partial charge in [0.05, 0.1) is 11.2 Å². The zero-order chi connectivity index (χ0) is 12.4. The summed E-state index contributed by atoms with van der Waals surface area (Å²) < 4.78 is 0. The molecule has 1 aromatic heterocycles. The molecule has 0 bridgehead atoms. The average Bonchev–Trinajstić information content (AvgIpc) is 2.29. The van der Waals surface area contributed by atoms with E-state index in [-0.39, 0.29) is 5.82 Å². The van der Waals surface area contributed by atoms with Crippen LogP contribution in [0.15, 0.2) is 18.2 Å². The molecule has 2 aromatic rings. The highest BCUT2D eigenvalue weighted by Crippen LogP contribution is 2.18. The second kappa shape index (κ2) is 4.49. The minimum absolute atomic E-state index is 0.102. The summed E-state index contributed by atoms with van der Waals surface area (Å²) in [5, 5.41) is 1.01. The molecule has 0 aliphatic heterocycles. The number of benzene rings is 1. The lowest BCUT2D eigenvalue weighted by Gasteiger charge is -2.07. The van der Waals surface area contributed by atoms with E-state index in [1.807, 2.05) is 25.1 Å². The van der Waals surface area contributed by atoms with Crippen molar-refractivity contribution in [1.29, 1.82) is 0 Å². The number of carbonyl (C=O) groups excluding carboxylic acids is 1. The van der Waals surface area contributed by atoms with E-state index in [0.717, 1.165) is 35.0 Å². The molecule has 0 spiro atoms. The van der Waals surface area contributed by atoms with Crippen molar-refractivity contribution in [1.82, 2.24) is 9.97 Å². The van der Waals surface area contributed by atoms with Crippen molar-refractivity contribution >= 4 is 16.8 Å². The molecule has 1 heterocycles. The van der Waals surface area contributed by atoms with Gasteiger partial charge in [-0.3, -0.25) is 4.79 Å². The van der Waals surface area contributed by atoms with Crippen LogP contribution in [-0.2, 0) is 6.42 Å². The Balaban J connectivity index is 2.71. The topological polar surface area (TPSA) is 68.9 Å². The van der Waals surface area contributed by atoms with Gasteiger partial charge >= 0.3 is 0 Å². The van der Waals surface area contributed by atoms with E-state index in [1.165, 1.54) is 0 Å². The van der Waals surface area contributed by atoms with Gasteiger partial charge in [0.2, 0.25) is 5.82 Å². The monoisotopic (exact) mass is 229 g/mol. The number of amides is 1. The van der Waals surface area contributed by atoms with Crippen LogP contribution in [0.5, 0.6) is 0 Å². The number of hydrogen-bond acceptors (Lipinski definition) is 3. The van der Waals surface area contributed by atoms with E-state index in [1.54, 1.807) is 0 Å². The standard InChI is InChI=1S/C13H15N3O/c1-3-4-10-9-7-8(2)5-6-11(9)16-13(15-10)12(14)17/h5-7H,3-4H2,1-2H3,(H2,14,17). The summed E-state index contributed by atoms with van der Waals surface area (Å²) >= 11 is 0. The lowest BCUT2D eigenvalue weighted by molar-refractivity contribution is 0.0990. The number of nitrogens with zero attached hydrogens (tertiary/aromatic N) is 2. The predicted molar refractivity (Wildman–Crippen MR) is 66.8 cm³/mol. The molecule has 1 aromatic carbocycles. The predicted octanol–water partition coefficient (Wildman–Crippen LogP) is 1.99. The summed E-state index contributed by atoms with van der Waals surface area (Å²) in [7, 11) is 0. The molecular formula is C13H15N3O. The fourth-order valence-corrected chi connectivity index (χ4v) is 1.84. The molecule has 4 heteroatoms. The first-order chi connectivity index (χ1) is 8.11. The molecule has 2 N–H and O–H groups in total. The van der Waals surface area contributed by atoms with Gasteiger partial charge in [0.25, 0.3) is 5.91 Å². The third kappa shape index (κ3) is 2.25. The third-order valence-electron chi connectivity index (χ3n) is 2.64. The Bertz CT molecular complexity index is 578. The zero-order valence-electron chi connectivity index (χ0n) is 10.0. The number of aromatic nitrogens is 2. The van der Waals surface area contributed by atoms with Crippen LogP contribution in [0.2, 0.25) is 0 Å². The summed E-state index contributed by atoms with van der Waals surface area (Å²) in [4.78, 5) is 19.6. The highest BCUT2D eigenvalue weighted by Gasteiger charge is 2.10. The number of aryl methyl sites for hydroxylation is 2. The first kappa shape index (κ1) is 11.5. The maximum atomic E-state index is 11.2. The summed E-state index contributed by atoms with van der Waals surface area (Å²) in [5.41, 5.74) is 8.07. The molecule has 4 nitrogen and oxygen atoms in total. The second-order valence-electron chi connectivity index (χ2n) is 4.13. The average molecular weight is 229 g/mol. The number of carbonyl (C=O) groups is 1. The lowest BCUT2D eigenvalue weighted by atomic mass is 10.1. The molecular weight excluding hydrogens is 214 g/mol. The molecule has 0 saturated carbocycles. The molecule has 0 aliphatic rings. The number of hydrogen-bond donors (Lipinski definition) is 1. The summed E-state index contributed by atoms with van der Waals surface area (Å²) in [6.45, 7) is 4.10. The van der Waals surface area contributed by atoms with Crippen molar-refractivity contribution in [2.24, 2.45) is 5.73 Å². The Hall–Kier alpha value is -1.97. The Morgan fingerprint density at radius 3 is 2.76 bits per heavy atom. The third-order valence-corrected chi connectivity index (χ3v) is 2.64. The molecule has 0 radical (unpaired) electrons. The van der Waals surface area contributed by atoms with Crippen LogP contribution in [0.4, 0.5) is 0 Å². The zero-order valence-corrected chi connectivity index (χ0v) is 10.0. The molecule has 0 fully saturated rings. The van der Waals surface area contributed by atoms with Crippen LogP contribution in [0.25, 0.3) is 10.9 Å². The molecule has 0 aliphatic carbocycles. The summed E-state index contributed by atoms with van der Waals surface area (Å²) in [5.74, 6) is -0.477. The quantitative estimate of drug-likeness (QED) is 0.875. The summed E-state index contributed by atoms with van der Waals surface area (Å²) in [6.07, 6.45) is 1.79. The van der Waals surface area contributed by atoms with Gasteiger partial charge in [-0.15, -0.1) is 0 Å². The van der Waals surface area contributed by atoms with E-state index >= 15 is 0 Å². The van der Waals surface area contributed by atoms with E-state index < -0.39 is 5.91 Å². The van der Waals surface area contributed by atoms with E-state index in [9.17, 15) is 4.79 Å². The van der Waals surface area contributed by atoms with E-state index in [0.29, 0.717) is 0 Å². The number of fused-ring (bicyclic) bond motifs is 1. The Kier molecular flexibility index (Phi) is 3.04. The molecule has 0 unspecified atom stereocenters. The fraction of sp³-hybridized carbons (Fsp3) is 0.308. The molecule has 2 rings (SSSR count). The van der Waals surface area contributed by atoms with E-state index in [4.69, 9.17) is 5.73 Å². The van der Waals surface area contributed by atoms with Crippen molar-refractivity contribution in [2.75, 3.05) is 0 Å². The van der Waals surface area contributed by atoms with Crippen molar-refractivity contribution < 1.29 is 4.79 Å². The maximum Gasteiger partial charge on any atom is 0.286 e. The van der Waals surface area contributed by atoms with Crippen molar-refractivity contribution in [3.63, 3.8) is 0 Å². The van der Waals surface area contributed by atoms with Gasteiger partial charge < -0.3 is 5.73 Å². The smallest absolute Gasteiger partial charge is 0.286 e. The van der Waals surface area contributed by atoms with Gasteiger partial charge in [-0.25, -0.2) is 9.97 Å². The Morgan fingerprint density at radius 2 is 2.12 bits per heavy atom. The second-order valence-corrected chi connectivity index (χ2v) is 4.13. The van der Waals surface area contributed by atoms with Crippen LogP contribution in [-0.4, -0.2) is 15.9 Å². The highest BCUT2D eigenvalue weighted by molar-refractivity contribution is 5.92. The van der Waals surface area contributed by atoms with E-state index in [2.05, 4.69) is 16.9 Å². The maximum absolute atomic E-state index is 11.2. The Labute approximate surface area is 99.9 Å². The first-order valence-corrected chi connectivity index (χ1v) is 5.69. The van der Waals surface area contributed by atoms with Gasteiger partial charge in [0, 0.05) is 5.39 Å².